The van der Waals surface area contributed by atoms with Crippen molar-refractivity contribution in [2.24, 2.45) is 0 Å². The van der Waals surface area contributed by atoms with E-state index in [4.69, 9.17) is 4.52 Å². The van der Waals surface area contributed by atoms with E-state index in [0.29, 0.717) is 24.2 Å². The van der Waals surface area contributed by atoms with Gasteiger partial charge in [-0.1, -0.05) is 17.3 Å². The van der Waals surface area contributed by atoms with Gasteiger partial charge in [0.2, 0.25) is 11.5 Å². The van der Waals surface area contributed by atoms with Gasteiger partial charge in [0.05, 0.1) is 12.2 Å². The maximum absolute atomic E-state index is 15.6. The molecule has 1 aromatic carbocycles. The first-order valence-corrected chi connectivity index (χ1v) is 9.58. The van der Waals surface area contributed by atoms with Crippen molar-refractivity contribution in [3.8, 4) is 11.4 Å². The predicted octanol–water partition coefficient (Wildman–Crippen LogP) is 4.39. The highest BCUT2D eigenvalue weighted by Crippen LogP contribution is 2.36. The molecule has 9 heteroatoms. The average Bonchev–Trinajstić information content (AvgIpc) is 3.22. The second kappa shape index (κ2) is 7.67. The van der Waals surface area contributed by atoms with Gasteiger partial charge in [-0.15, -0.1) is 0 Å². The second-order valence-corrected chi connectivity index (χ2v) is 7.42. The summed E-state index contributed by atoms with van der Waals surface area (Å²) in [4.78, 5) is 22.3. The number of benzene rings is 1. The van der Waals surface area contributed by atoms with Crippen LogP contribution in [-0.4, -0.2) is 39.1 Å². The zero-order valence-electron chi connectivity index (χ0n) is 14.8. The standard InChI is InChI=1S/C19H17BrFN5O2/c20-14-6-1-2-7-15(14)23-18(27)26-10-4-8-19(21,12-26)17-24-16(25-28-17)13-5-3-9-22-11-13/h1-3,5-7,9,11H,4,8,10,12H2,(H,23,27). The molecule has 1 saturated heterocycles. The summed E-state index contributed by atoms with van der Waals surface area (Å²) in [6, 6.07) is 10.4. The molecule has 1 aliphatic heterocycles. The maximum atomic E-state index is 15.6. The van der Waals surface area contributed by atoms with Gasteiger partial charge in [0.15, 0.2) is 0 Å². The number of piperidine rings is 1. The fourth-order valence-corrected chi connectivity index (χ4v) is 3.52. The number of rotatable bonds is 3. The molecule has 2 amide bonds. The van der Waals surface area contributed by atoms with Crippen molar-refractivity contribution in [2.45, 2.75) is 18.5 Å². The molecule has 1 aliphatic rings. The van der Waals surface area contributed by atoms with Gasteiger partial charge in [0, 0.05) is 29.0 Å². The third-order valence-electron chi connectivity index (χ3n) is 4.57. The fourth-order valence-electron chi connectivity index (χ4n) is 3.13. The quantitative estimate of drug-likeness (QED) is 0.646. The molecular weight excluding hydrogens is 429 g/mol. The molecule has 1 fully saturated rings. The number of likely N-dealkylation sites (tertiary alicyclic amines) is 1. The Hall–Kier alpha value is -2.81. The van der Waals surface area contributed by atoms with E-state index in [9.17, 15) is 4.79 Å². The Bertz CT molecular complexity index is 983. The van der Waals surface area contributed by atoms with Crippen molar-refractivity contribution in [1.29, 1.82) is 0 Å². The smallest absolute Gasteiger partial charge is 0.321 e. The molecule has 3 heterocycles. The van der Waals surface area contributed by atoms with Crippen LogP contribution < -0.4 is 5.32 Å². The third-order valence-corrected chi connectivity index (χ3v) is 5.27. The van der Waals surface area contributed by atoms with E-state index in [1.165, 1.54) is 4.90 Å². The molecule has 7 nitrogen and oxygen atoms in total. The SMILES string of the molecule is O=C(Nc1ccccc1Br)N1CCCC(F)(c2nc(-c3cccnc3)no2)C1. The number of carbonyl (C=O) groups is 1. The van der Waals surface area contributed by atoms with Crippen LogP contribution in [0.15, 0.2) is 57.8 Å². The Balaban J connectivity index is 1.50. The Labute approximate surface area is 169 Å². The molecule has 144 valence electrons. The summed E-state index contributed by atoms with van der Waals surface area (Å²) in [6.07, 6.45) is 3.91. The van der Waals surface area contributed by atoms with Gasteiger partial charge in [0.25, 0.3) is 5.89 Å². The minimum absolute atomic E-state index is 0.121. The number of halogens is 2. The van der Waals surface area contributed by atoms with Crippen LogP contribution in [0.2, 0.25) is 0 Å². The van der Waals surface area contributed by atoms with E-state index in [1.807, 2.05) is 18.2 Å². The van der Waals surface area contributed by atoms with Crippen molar-refractivity contribution < 1.29 is 13.7 Å². The lowest BCUT2D eigenvalue weighted by Gasteiger charge is -2.35. The van der Waals surface area contributed by atoms with Crippen molar-refractivity contribution in [1.82, 2.24) is 20.0 Å². The van der Waals surface area contributed by atoms with Crippen LogP contribution >= 0.6 is 15.9 Å². The summed E-state index contributed by atoms with van der Waals surface area (Å²) in [7, 11) is 0. The van der Waals surface area contributed by atoms with Gasteiger partial charge in [-0.2, -0.15) is 4.98 Å². The number of nitrogens with zero attached hydrogens (tertiary/aromatic N) is 4. The van der Waals surface area contributed by atoms with Gasteiger partial charge in [-0.05, 0) is 53.0 Å². The highest BCUT2D eigenvalue weighted by atomic mass is 79.9. The van der Waals surface area contributed by atoms with Gasteiger partial charge in [-0.25, -0.2) is 9.18 Å². The van der Waals surface area contributed by atoms with Gasteiger partial charge < -0.3 is 14.7 Å². The van der Waals surface area contributed by atoms with Crippen LogP contribution in [0.3, 0.4) is 0 Å². The summed E-state index contributed by atoms with van der Waals surface area (Å²) >= 11 is 3.39. The minimum Gasteiger partial charge on any atom is -0.335 e. The summed E-state index contributed by atoms with van der Waals surface area (Å²) in [6.45, 7) is 0.295. The third kappa shape index (κ3) is 3.75. The van der Waals surface area contributed by atoms with Gasteiger partial charge >= 0.3 is 6.03 Å². The molecular formula is C19H17BrFN5O2. The van der Waals surface area contributed by atoms with E-state index in [1.54, 1.807) is 30.6 Å². The Morgan fingerprint density at radius 1 is 1.29 bits per heavy atom. The number of para-hydroxylation sites is 1. The van der Waals surface area contributed by atoms with Crippen molar-refractivity contribution >= 4 is 27.6 Å². The first-order valence-electron chi connectivity index (χ1n) is 8.79. The number of alkyl halides is 1. The van der Waals surface area contributed by atoms with Crippen LogP contribution in [0.4, 0.5) is 14.9 Å². The van der Waals surface area contributed by atoms with Crippen molar-refractivity contribution in [3.63, 3.8) is 0 Å². The van der Waals surface area contributed by atoms with Crippen LogP contribution in [0.25, 0.3) is 11.4 Å². The molecule has 0 aliphatic carbocycles. The summed E-state index contributed by atoms with van der Waals surface area (Å²) in [5.74, 6) is 0.152. The Morgan fingerprint density at radius 2 is 2.14 bits per heavy atom. The number of carbonyl (C=O) groups excluding carboxylic acids is 1. The highest BCUT2D eigenvalue weighted by molar-refractivity contribution is 9.10. The van der Waals surface area contributed by atoms with Crippen LogP contribution in [0.5, 0.6) is 0 Å². The normalized spacial score (nSPS) is 19.4. The van der Waals surface area contributed by atoms with E-state index >= 15 is 4.39 Å². The molecule has 28 heavy (non-hydrogen) atoms. The first-order chi connectivity index (χ1) is 13.5. The molecule has 1 unspecified atom stereocenters. The molecule has 0 bridgehead atoms. The maximum Gasteiger partial charge on any atom is 0.321 e. The van der Waals surface area contributed by atoms with Gasteiger partial charge in [-0.3, -0.25) is 4.98 Å². The molecule has 1 atom stereocenters. The zero-order valence-corrected chi connectivity index (χ0v) is 16.4. The monoisotopic (exact) mass is 445 g/mol. The van der Waals surface area contributed by atoms with E-state index in [-0.39, 0.29) is 30.7 Å². The largest absolute Gasteiger partial charge is 0.335 e. The van der Waals surface area contributed by atoms with Crippen LogP contribution in [-0.2, 0) is 5.67 Å². The second-order valence-electron chi connectivity index (χ2n) is 6.57. The van der Waals surface area contributed by atoms with Crippen LogP contribution in [0.1, 0.15) is 18.7 Å². The number of urea groups is 1. The van der Waals surface area contributed by atoms with E-state index in [0.717, 1.165) is 4.47 Å². The highest BCUT2D eigenvalue weighted by Gasteiger charge is 2.44. The van der Waals surface area contributed by atoms with Crippen LogP contribution in [0, 0.1) is 0 Å². The molecule has 0 radical (unpaired) electrons. The summed E-state index contributed by atoms with van der Waals surface area (Å²) < 4.78 is 21.6. The number of anilines is 1. The Morgan fingerprint density at radius 3 is 2.93 bits per heavy atom. The number of hydrogen-bond donors (Lipinski definition) is 1. The van der Waals surface area contributed by atoms with E-state index < -0.39 is 5.67 Å². The molecule has 3 aromatic rings. The minimum atomic E-state index is -1.89. The average molecular weight is 446 g/mol. The lowest BCUT2D eigenvalue weighted by Crippen LogP contribution is -2.48. The fraction of sp³-hybridized carbons (Fsp3) is 0.263. The van der Waals surface area contributed by atoms with Crippen molar-refractivity contribution in [2.75, 3.05) is 18.4 Å². The number of nitrogens with one attached hydrogen (secondary N) is 1. The molecule has 4 rings (SSSR count). The van der Waals surface area contributed by atoms with Gasteiger partial charge in [0.1, 0.15) is 0 Å². The molecule has 2 aromatic heterocycles. The zero-order chi connectivity index (χ0) is 19.6. The number of pyridine rings is 1. The number of hydrogen-bond acceptors (Lipinski definition) is 5. The lowest BCUT2D eigenvalue weighted by molar-refractivity contribution is 0.0333. The molecule has 0 saturated carbocycles. The Kier molecular flexibility index (Phi) is 5.08. The summed E-state index contributed by atoms with van der Waals surface area (Å²) in [5.41, 5.74) is -0.628. The number of amides is 2. The molecule has 0 spiro atoms. The number of aromatic nitrogens is 3. The van der Waals surface area contributed by atoms with Crippen molar-refractivity contribution in [3.05, 3.63) is 59.2 Å². The summed E-state index contributed by atoms with van der Waals surface area (Å²) in [5, 5.41) is 6.66. The topological polar surface area (TPSA) is 84.2 Å². The predicted molar refractivity (Wildman–Crippen MR) is 104 cm³/mol. The van der Waals surface area contributed by atoms with E-state index in [2.05, 4.69) is 36.4 Å². The first kappa shape index (κ1) is 18.5. The lowest BCUT2D eigenvalue weighted by atomic mass is 9.94. The molecule has 1 N–H and O–H groups in total.